The van der Waals surface area contributed by atoms with Crippen molar-refractivity contribution in [3.05, 3.63) is 82.2 Å². The number of hydrogen-bond acceptors (Lipinski definition) is 3. The van der Waals surface area contributed by atoms with Gasteiger partial charge in [-0.2, -0.15) is 0 Å². The maximum Gasteiger partial charge on any atom is 0.0880 e. The van der Waals surface area contributed by atoms with Crippen LogP contribution in [0.1, 0.15) is 54.3 Å². The van der Waals surface area contributed by atoms with Gasteiger partial charge in [0.15, 0.2) is 0 Å². The number of pyridine rings is 2. The molecule has 34 heavy (non-hydrogen) atoms. The van der Waals surface area contributed by atoms with Gasteiger partial charge in [-0.05, 0) is 97.5 Å². The first kappa shape index (κ1) is 22.7. The van der Waals surface area contributed by atoms with Crippen LogP contribution < -0.4 is 0 Å². The normalized spacial score (nSPS) is 12.1. The molecule has 0 bridgehead atoms. The second-order valence-corrected chi connectivity index (χ2v) is 11.7. The summed E-state index contributed by atoms with van der Waals surface area (Å²) in [4.78, 5) is 11.2. The number of hydrogen-bond donors (Lipinski definition) is 0. The van der Waals surface area contributed by atoms with Gasteiger partial charge < -0.3 is 0 Å². The van der Waals surface area contributed by atoms with Crippen LogP contribution in [0, 0.1) is 34.6 Å². The first-order chi connectivity index (χ1) is 16.0. The molecule has 0 atom stereocenters. The quantitative estimate of drug-likeness (QED) is 0.260. The third kappa shape index (κ3) is 3.73. The van der Waals surface area contributed by atoms with E-state index in [-0.39, 0.29) is 5.41 Å². The molecule has 0 saturated heterocycles. The zero-order chi connectivity index (χ0) is 24.4. The maximum absolute atomic E-state index is 4.92. The van der Waals surface area contributed by atoms with Gasteiger partial charge in [-0.15, -0.1) is 11.3 Å². The van der Waals surface area contributed by atoms with Crippen LogP contribution in [0.2, 0.25) is 0 Å². The van der Waals surface area contributed by atoms with Gasteiger partial charge in [0.05, 0.1) is 15.9 Å². The van der Waals surface area contributed by atoms with E-state index in [1.165, 1.54) is 59.3 Å². The minimum absolute atomic E-state index is 0.0183. The number of aryl methyl sites for hydroxylation is 5. The second kappa shape index (κ2) is 8.02. The lowest BCUT2D eigenvalue weighted by Gasteiger charge is -2.22. The molecule has 5 rings (SSSR count). The molecule has 0 saturated carbocycles. The Hall–Kier alpha value is -3.04. The number of fused-ring (bicyclic) bond motifs is 2. The molecule has 0 fully saturated rings. The average Bonchev–Trinajstić information content (AvgIpc) is 3.08. The number of rotatable bonds is 2. The lowest BCUT2D eigenvalue weighted by atomic mass is 9.84. The topological polar surface area (TPSA) is 25.8 Å². The SMILES string of the molecule is Cc1cc(C)c(-c2sc3c(-c4cc(C(C)(C)C)c5nc(C)ccc5c4)nccc3c2C)c(C)c1. The second-order valence-electron chi connectivity index (χ2n) is 10.7. The lowest BCUT2D eigenvalue weighted by molar-refractivity contribution is 0.594. The van der Waals surface area contributed by atoms with Gasteiger partial charge in [-0.3, -0.25) is 9.97 Å². The molecule has 0 spiro atoms. The smallest absolute Gasteiger partial charge is 0.0880 e. The van der Waals surface area contributed by atoms with Crippen LogP contribution in [0.25, 0.3) is 42.7 Å². The highest BCUT2D eigenvalue weighted by molar-refractivity contribution is 7.23. The molecule has 172 valence electrons. The Kier molecular flexibility index (Phi) is 5.37. The molecular weight excluding hydrogens is 432 g/mol. The first-order valence-corrected chi connectivity index (χ1v) is 12.7. The van der Waals surface area contributed by atoms with Crippen LogP contribution in [0.4, 0.5) is 0 Å². The fourth-order valence-electron chi connectivity index (χ4n) is 5.17. The lowest BCUT2D eigenvalue weighted by Crippen LogP contribution is -2.13. The van der Waals surface area contributed by atoms with Crippen molar-refractivity contribution in [2.24, 2.45) is 0 Å². The Morgan fingerprint density at radius 2 is 1.53 bits per heavy atom. The molecule has 2 nitrogen and oxygen atoms in total. The van der Waals surface area contributed by atoms with Crippen LogP contribution >= 0.6 is 11.3 Å². The van der Waals surface area contributed by atoms with Crippen molar-refractivity contribution in [3.8, 4) is 21.7 Å². The van der Waals surface area contributed by atoms with Crippen molar-refractivity contribution in [2.45, 2.75) is 60.8 Å². The minimum Gasteiger partial charge on any atom is -0.255 e. The van der Waals surface area contributed by atoms with Gasteiger partial charge in [0, 0.05) is 27.7 Å². The summed E-state index contributed by atoms with van der Waals surface area (Å²) in [6.07, 6.45) is 1.96. The standard InChI is InChI=1S/C31H32N2S/c1-17-13-18(2)26(19(3)14-17)29-21(5)24-11-12-32-28(30(24)34-29)23-15-22-10-9-20(4)33-27(22)25(16-23)31(6,7)8/h9-16H,1-8H3. The highest BCUT2D eigenvalue weighted by atomic mass is 32.1. The molecule has 3 heteroatoms. The molecule has 0 aliphatic heterocycles. The van der Waals surface area contributed by atoms with E-state index >= 15 is 0 Å². The Labute approximate surface area is 206 Å². The first-order valence-electron chi connectivity index (χ1n) is 11.9. The minimum atomic E-state index is -0.0183. The van der Waals surface area contributed by atoms with Gasteiger partial charge in [0.2, 0.25) is 0 Å². The number of benzene rings is 2. The van der Waals surface area contributed by atoms with Crippen molar-refractivity contribution in [3.63, 3.8) is 0 Å². The Bertz CT molecular complexity index is 1560. The van der Waals surface area contributed by atoms with Crippen molar-refractivity contribution >= 4 is 32.3 Å². The summed E-state index contributed by atoms with van der Waals surface area (Å²) in [7, 11) is 0. The van der Waals surface area contributed by atoms with Gasteiger partial charge in [-0.1, -0.05) is 44.5 Å². The summed E-state index contributed by atoms with van der Waals surface area (Å²) in [6, 6.07) is 15.6. The molecule has 0 radical (unpaired) electrons. The monoisotopic (exact) mass is 464 g/mol. The predicted molar refractivity (Wildman–Crippen MR) is 148 cm³/mol. The van der Waals surface area contributed by atoms with Crippen molar-refractivity contribution in [2.75, 3.05) is 0 Å². The third-order valence-electron chi connectivity index (χ3n) is 6.77. The van der Waals surface area contributed by atoms with E-state index in [2.05, 4.69) is 97.9 Å². The van der Waals surface area contributed by atoms with E-state index in [0.29, 0.717) is 0 Å². The van der Waals surface area contributed by atoms with E-state index in [1.807, 2.05) is 17.5 Å². The highest BCUT2D eigenvalue weighted by Gasteiger charge is 2.22. The third-order valence-corrected chi connectivity index (χ3v) is 8.10. The number of nitrogens with zero attached hydrogens (tertiary/aromatic N) is 2. The molecule has 0 unspecified atom stereocenters. The predicted octanol–water partition coefficient (Wildman–Crippen LogP) is 9.02. The summed E-state index contributed by atoms with van der Waals surface area (Å²) >= 11 is 1.88. The summed E-state index contributed by atoms with van der Waals surface area (Å²) in [5.74, 6) is 0. The molecule has 0 aliphatic carbocycles. The van der Waals surface area contributed by atoms with Crippen LogP contribution in [-0.2, 0) is 5.41 Å². The van der Waals surface area contributed by atoms with Crippen molar-refractivity contribution in [1.82, 2.24) is 9.97 Å². The molecule has 3 aromatic heterocycles. The summed E-state index contributed by atoms with van der Waals surface area (Å²) in [5.41, 5.74) is 12.3. The molecule has 5 aromatic rings. The average molecular weight is 465 g/mol. The zero-order valence-corrected chi connectivity index (χ0v) is 22.2. The summed E-state index contributed by atoms with van der Waals surface area (Å²) in [5, 5.41) is 2.47. The Balaban J connectivity index is 1.80. The van der Waals surface area contributed by atoms with Gasteiger partial charge in [0.25, 0.3) is 0 Å². The molecule has 0 aliphatic rings. The van der Waals surface area contributed by atoms with Gasteiger partial charge >= 0.3 is 0 Å². The Morgan fingerprint density at radius 3 is 2.21 bits per heavy atom. The fourth-order valence-corrected chi connectivity index (χ4v) is 6.66. The molecule has 0 amide bonds. The Morgan fingerprint density at radius 1 is 0.824 bits per heavy atom. The van der Waals surface area contributed by atoms with E-state index < -0.39 is 0 Å². The summed E-state index contributed by atoms with van der Waals surface area (Å²) < 4.78 is 1.26. The van der Waals surface area contributed by atoms with E-state index in [1.54, 1.807) is 0 Å². The fraction of sp³-hybridized carbons (Fsp3) is 0.290. The van der Waals surface area contributed by atoms with Crippen LogP contribution in [0.5, 0.6) is 0 Å². The van der Waals surface area contributed by atoms with Crippen LogP contribution in [-0.4, -0.2) is 9.97 Å². The number of aromatic nitrogens is 2. The summed E-state index contributed by atoms with van der Waals surface area (Å²) in [6.45, 7) is 17.7. The molecule has 2 aromatic carbocycles. The van der Waals surface area contributed by atoms with Crippen LogP contribution in [0.15, 0.2) is 48.7 Å². The maximum atomic E-state index is 4.92. The van der Waals surface area contributed by atoms with E-state index in [4.69, 9.17) is 9.97 Å². The molecule has 0 N–H and O–H groups in total. The van der Waals surface area contributed by atoms with E-state index in [9.17, 15) is 0 Å². The van der Waals surface area contributed by atoms with Crippen LogP contribution in [0.3, 0.4) is 0 Å². The van der Waals surface area contributed by atoms with Gasteiger partial charge in [0.1, 0.15) is 0 Å². The highest BCUT2D eigenvalue weighted by Crippen LogP contribution is 2.45. The van der Waals surface area contributed by atoms with Crippen molar-refractivity contribution in [1.29, 1.82) is 0 Å². The number of thiophene rings is 1. The molecular formula is C31H32N2S. The van der Waals surface area contributed by atoms with Gasteiger partial charge in [-0.25, -0.2) is 0 Å². The largest absolute Gasteiger partial charge is 0.255 e. The zero-order valence-electron chi connectivity index (χ0n) is 21.4. The molecule has 3 heterocycles. The van der Waals surface area contributed by atoms with Crippen molar-refractivity contribution < 1.29 is 0 Å². The van der Waals surface area contributed by atoms with E-state index in [0.717, 1.165) is 16.9 Å².